The lowest BCUT2D eigenvalue weighted by molar-refractivity contribution is -0.119. The fourth-order valence-corrected chi connectivity index (χ4v) is 1.42. The molecule has 3 heteroatoms. The monoisotopic (exact) mass is 206 g/mol. The van der Waals surface area contributed by atoms with Gasteiger partial charge in [-0.25, -0.2) is 4.98 Å². The number of carbonyl (C=O) groups is 1. The Labute approximate surface area is 90.9 Å². The molecule has 0 aliphatic rings. The summed E-state index contributed by atoms with van der Waals surface area (Å²) in [5.41, 5.74) is 1.10. The summed E-state index contributed by atoms with van der Waals surface area (Å²) in [6.45, 7) is 6.00. The lowest BCUT2D eigenvalue weighted by Crippen LogP contribution is -2.20. The largest absolute Gasteiger partial charge is 0.310 e. The summed E-state index contributed by atoms with van der Waals surface area (Å²) < 4.78 is 0. The van der Waals surface area contributed by atoms with Crippen molar-refractivity contribution in [2.45, 2.75) is 33.6 Å². The van der Waals surface area contributed by atoms with Crippen LogP contribution in [0.25, 0.3) is 0 Å². The molecule has 0 spiro atoms. The van der Waals surface area contributed by atoms with Gasteiger partial charge in [-0.05, 0) is 31.0 Å². The van der Waals surface area contributed by atoms with Crippen molar-refractivity contribution in [1.29, 1.82) is 0 Å². The summed E-state index contributed by atoms with van der Waals surface area (Å²) in [5.74, 6) is 0.746. The quantitative estimate of drug-likeness (QED) is 0.823. The highest BCUT2D eigenvalue weighted by molar-refractivity contribution is 5.91. The number of rotatable bonds is 4. The molecule has 0 saturated heterocycles. The number of carbonyl (C=O) groups excluding carboxylic acids is 1. The van der Waals surface area contributed by atoms with E-state index < -0.39 is 0 Å². The predicted molar refractivity (Wildman–Crippen MR) is 61.7 cm³/mol. The molecule has 1 heterocycles. The van der Waals surface area contributed by atoms with Crippen LogP contribution < -0.4 is 5.32 Å². The first-order valence-electron chi connectivity index (χ1n) is 5.37. The molecular weight excluding hydrogens is 188 g/mol. The number of hydrogen-bond donors (Lipinski definition) is 1. The molecule has 82 valence electrons. The van der Waals surface area contributed by atoms with Crippen LogP contribution in [-0.4, -0.2) is 10.9 Å². The van der Waals surface area contributed by atoms with Crippen molar-refractivity contribution < 1.29 is 4.79 Å². The van der Waals surface area contributed by atoms with Gasteiger partial charge in [-0.2, -0.15) is 0 Å². The average molecular weight is 206 g/mol. The van der Waals surface area contributed by atoms with Gasteiger partial charge >= 0.3 is 0 Å². The molecule has 1 amide bonds. The second-order valence-electron chi connectivity index (χ2n) is 3.90. The second-order valence-corrected chi connectivity index (χ2v) is 3.90. The molecule has 0 aliphatic carbocycles. The Bertz CT molecular complexity index is 336. The van der Waals surface area contributed by atoms with Gasteiger partial charge in [0.2, 0.25) is 5.91 Å². The molecule has 1 rings (SSSR count). The molecule has 0 fully saturated rings. The minimum Gasteiger partial charge on any atom is -0.310 e. The Morgan fingerprint density at radius 2 is 2.33 bits per heavy atom. The van der Waals surface area contributed by atoms with Gasteiger partial charge in [-0.15, -0.1) is 0 Å². The van der Waals surface area contributed by atoms with E-state index in [9.17, 15) is 4.79 Å². The molecule has 1 N–H and O–H groups in total. The summed E-state index contributed by atoms with van der Waals surface area (Å²) >= 11 is 0. The number of nitrogens with zero attached hydrogens (tertiary/aromatic N) is 1. The standard InChI is InChI=1S/C12H18N2O/c1-4-5-10(3)12(15)14-11-8-9(2)6-7-13-11/h6-8,10H,4-5H2,1-3H3,(H,13,14,15)/t10-/m0/s1. The minimum absolute atomic E-state index is 0.0509. The maximum Gasteiger partial charge on any atom is 0.228 e. The Morgan fingerprint density at radius 3 is 2.93 bits per heavy atom. The van der Waals surface area contributed by atoms with E-state index in [2.05, 4.69) is 17.2 Å². The van der Waals surface area contributed by atoms with Gasteiger partial charge in [0.15, 0.2) is 0 Å². The molecule has 0 unspecified atom stereocenters. The van der Waals surface area contributed by atoms with Crippen LogP contribution >= 0.6 is 0 Å². The third kappa shape index (κ3) is 3.70. The number of aryl methyl sites for hydroxylation is 1. The average Bonchev–Trinajstić information content (AvgIpc) is 2.18. The normalized spacial score (nSPS) is 12.2. The number of pyridine rings is 1. The van der Waals surface area contributed by atoms with Crippen LogP contribution in [0.15, 0.2) is 18.3 Å². The maximum atomic E-state index is 11.7. The molecule has 0 radical (unpaired) electrons. The number of hydrogen-bond acceptors (Lipinski definition) is 2. The van der Waals surface area contributed by atoms with E-state index in [-0.39, 0.29) is 11.8 Å². The smallest absolute Gasteiger partial charge is 0.228 e. The lowest BCUT2D eigenvalue weighted by Gasteiger charge is -2.10. The van der Waals surface area contributed by atoms with E-state index in [1.807, 2.05) is 26.0 Å². The van der Waals surface area contributed by atoms with Gasteiger partial charge in [0, 0.05) is 12.1 Å². The SMILES string of the molecule is CCC[C@H](C)C(=O)Nc1cc(C)ccn1. The molecule has 0 bridgehead atoms. The van der Waals surface area contributed by atoms with Crippen molar-refractivity contribution in [2.75, 3.05) is 5.32 Å². The Kier molecular flexibility index (Phi) is 4.28. The lowest BCUT2D eigenvalue weighted by atomic mass is 10.1. The third-order valence-electron chi connectivity index (χ3n) is 2.34. The summed E-state index contributed by atoms with van der Waals surface area (Å²) in [7, 11) is 0. The van der Waals surface area contributed by atoms with Crippen molar-refractivity contribution in [3.63, 3.8) is 0 Å². The fourth-order valence-electron chi connectivity index (χ4n) is 1.42. The van der Waals surface area contributed by atoms with Crippen molar-refractivity contribution in [2.24, 2.45) is 5.92 Å². The highest BCUT2D eigenvalue weighted by Gasteiger charge is 2.11. The predicted octanol–water partition coefficient (Wildman–Crippen LogP) is 2.76. The van der Waals surface area contributed by atoms with E-state index in [0.717, 1.165) is 18.4 Å². The Hall–Kier alpha value is -1.38. The third-order valence-corrected chi connectivity index (χ3v) is 2.34. The van der Waals surface area contributed by atoms with Crippen molar-refractivity contribution in [3.05, 3.63) is 23.9 Å². The van der Waals surface area contributed by atoms with Gasteiger partial charge in [0.05, 0.1) is 0 Å². The Balaban J connectivity index is 2.58. The van der Waals surface area contributed by atoms with Crippen molar-refractivity contribution in [1.82, 2.24) is 4.98 Å². The number of aromatic nitrogens is 1. The van der Waals surface area contributed by atoms with E-state index in [1.54, 1.807) is 6.20 Å². The van der Waals surface area contributed by atoms with Gasteiger partial charge < -0.3 is 5.32 Å². The molecule has 0 saturated carbocycles. The molecule has 1 aromatic heterocycles. The zero-order chi connectivity index (χ0) is 11.3. The summed E-state index contributed by atoms with van der Waals surface area (Å²) in [4.78, 5) is 15.8. The van der Waals surface area contributed by atoms with Crippen LogP contribution in [-0.2, 0) is 4.79 Å². The first-order valence-corrected chi connectivity index (χ1v) is 5.37. The first kappa shape index (κ1) is 11.7. The highest BCUT2D eigenvalue weighted by Crippen LogP contribution is 2.10. The van der Waals surface area contributed by atoms with Gasteiger partial charge in [-0.3, -0.25) is 4.79 Å². The topological polar surface area (TPSA) is 42.0 Å². The number of amides is 1. The maximum absolute atomic E-state index is 11.7. The van der Waals surface area contributed by atoms with E-state index in [4.69, 9.17) is 0 Å². The molecule has 1 aromatic rings. The van der Waals surface area contributed by atoms with E-state index in [1.165, 1.54) is 0 Å². The summed E-state index contributed by atoms with van der Waals surface area (Å²) in [6.07, 6.45) is 3.64. The van der Waals surface area contributed by atoms with Crippen molar-refractivity contribution in [3.8, 4) is 0 Å². The number of anilines is 1. The van der Waals surface area contributed by atoms with E-state index >= 15 is 0 Å². The van der Waals surface area contributed by atoms with Gasteiger partial charge in [0.25, 0.3) is 0 Å². The molecule has 15 heavy (non-hydrogen) atoms. The fraction of sp³-hybridized carbons (Fsp3) is 0.500. The molecular formula is C12H18N2O. The highest BCUT2D eigenvalue weighted by atomic mass is 16.1. The van der Waals surface area contributed by atoms with E-state index in [0.29, 0.717) is 5.82 Å². The zero-order valence-electron chi connectivity index (χ0n) is 9.58. The van der Waals surface area contributed by atoms with Crippen LogP contribution in [0.5, 0.6) is 0 Å². The van der Waals surface area contributed by atoms with Crippen molar-refractivity contribution >= 4 is 11.7 Å². The van der Waals surface area contributed by atoms with Crippen LogP contribution in [0.3, 0.4) is 0 Å². The minimum atomic E-state index is 0.0509. The van der Waals surface area contributed by atoms with Crippen LogP contribution in [0, 0.1) is 12.8 Å². The number of nitrogens with one attached hydrogen (secondary N) is 1. The molecule has 0 aliphatic heterocycles. The van der Waals surface area contributed by atoms with Gasteiger partial charge in [-0.1, -0.05) is 20.3 Å². The zero-order valence-corrected chi connectivity index (χ0v) is 9.58. The second kappa shape index (κ2) is 5.49. The van der Waals surface area contributed by atoms with Gasteiger partial charge in [0.1, 0.15) is 5.82 Å². The van der Waals surface area contributed by atoms with Crippen LogP contribution in [0.2, 0.25) is 0 Å². The summed E-state index contributed by atoms with van der Waals surface area (Å²) in [6, 6.07) is 3.78. The Morgan fingerprint density at radius 1 is 1.60 bits per heavy atom. The molecule has 1 atom stereocenters. The molecule has 0 aromatic carbocycles. The first-order chi connectivity index (χ1) is 7.13. The van der Waals surface area contributed by atoms with Crippen LogP contribution in [0.4, 0.5) is 5.82 Å². The van der Waals surface area contributed by atoms with Crippen LogP contribution in [0.1, 0.15) is 32.3 Å². The summed E-state index contributed by atoms with van der Waals surface area (Å²) in [5, 5.41) is 2.82. The molecule has 3 nitrogen and oxygen atoms in total.